The second-order valence-electron chi connectivity index (χ2n) is 10.3. The highest BCUT2D eigenvalue weighted by molar-refractivity contribution is 5.95. The maximum Gasteiger partial charge on any atom is 0.237 e. The van der Waals surface area contributed by atoms with Gasteiger partial charge in [0.25, 0.3) is 0 Å². The maximum atomic E-state index is 13.1. The lowest BCUT2D eigenvalue weighted by atomic mass is 10.0. The number of methoxy groups -OCH3 is 1. The minimum atomic E-state index is -0.547. The summed E-state index contributed by atoms with van der Waals surface area (Å²) in [5.41, 5.74) is 1.79. The summed E-state index contributed by atoms with van der Waals surface area (Å²) in [4.78, 5) is 44.4. The molecule has 2 aliphatic heterocycles. The second-order valence-corrected chi connectivity index (χ2v) is 10.3. The zero-order valence-electron chi connectivity index (χ0n) is 22.9. The van der Waals surface area contributed by atoms with Crippen molar-refractivity contribution >= 4 is 23.4 Å². The number of nitrogens with zero attached hydrogens (tertiary/aromatic N) is 3. The highest BCUT2D eigenvalue weighted by Gasteiger charge is 2.41. The Morgan fingerprint density at radius 3 is 2.49 bits per heavy atom. The van der Waals surface area contributed by atoms with Crippen LogP contribution >= 0.6 is 0 Å². The van der Waals surface area contributed by atoms with E-state index >= 15 is 0 Å². The molecule has 2 N–H and O–H groups in total. The van der Waals surface area contributed by atoms with Crippen molar-refractivity contribution in [2.24, 2.45) is 0 Å². The average molecular weight is 537 g/mol. The summed E-state index contributed by atoms with van der Waals surface area (Å²) in [5, 5.41) is 13.4. The van der Waals surface area contributed by atoms with Crippen LogP contribution in [-0.2, 0) is 20.9 Å². The number of para-hydroxylation sites is 1. The number of amides is 3. The summed E-state index contributed by atoms with van der Waals surface area (Å²) in [6.45, 7) is 4.49. The first-order chi connectivity index (χ1) is 18.9. The lowest BCUT2D eigenvalue weighted by Gasteiger charge is -2.39. The van der Waals surface area contributed by atoms with Crippen LogP contribution in [0.1, 0.15) is 44.6 Å². The van der Waals surface area contributed by atoms with E-state index in [9.17, 15) is 19.5 Å². The van der Waals surface area contributed by atoms with Crippen molar-refractivity contribution in [2.75, 3.05) is 38.2 Å². The Labute approximate surface area is 230 Å². The van der Waals surface area contributed by atoms with Gasteiger partial charge in [-0.15, -0.1) is 0 Å². The molecule has 39 heavy (non-hydrogen) atoms. The van der Waals surface area contributed by atoms with Gasteiger partial charge in [-0.25, -0.2) is 0 Å². The summed E-state index contributed by atoms with van der Waals surface area (Å²) in [7, 11) is 1.61. The largest absolute Gasteiger partial charge is 0.497 e. The van der Waals surface area contributed by atoms with Gasteiger partial charge in [0.15, 0.2) is 0 Å². The van der Waals surface area contributed by atoms with Gasteiger partial charge in [0, 0.05) is 57.3 Å². The lowest BCUT2D eigenvalue weighted by molar-refractivity contribution is -0.135. The Bertz CT molecular complexity index is 1120. The van der Waals surface area contributed by atoms with Crippen molar-refractivity contribution in [2.45, 2.75) is 63.8 Å². The number of aliphatic hydroxyl groups is 1. The molecule has 210 valence electrons. The molecular formula is C30H40N4O5. The lowest BCUT2D eigenvalue weighted by Crippen LogP contribution is -2.52. The molecule has 0 aliphatic carbocycles. The molecule has 4 rings (SSSR count). The highest BCUT2D eigenvalue weighted by Crippen LogP contribution is 2.27. The Morgan fingerprint density at radius 2 is 1.79 bits per heavy atom. The Hall–Kier alpha value is -3.43. The standard InChI is InChI=1S/C30H40N4O5/c1-3-33(23-9-5-4-6-10-23)29(37)13-12-28(36)32-16-14-24(15-17-32)34-21-25(35)19-27(34)30(38)31-20-22-8-7-11-26(18-22)39-2/h4-11,18,24-25,27,35H,3,12-17,19-21H2,1-2H3,(H,31,38)/t25-,27+/m1/s1. The van der Waals surface area contributed by atoms with Crippen molar-refractivity contribution in [1.29, 1.82) is 0 Å². The number of β-amino-alcohol motifs (C(OH)–C–C–N with tert-alkyl or cyclic N) is 1. The van der Waals surface area contributed by atoms with Crippen LogP contribution in [0.5, 0.6) is 5.75 Å². The number of benzene rings is 2. The third-order valence-corrected chi connectivity index (χ3v) is 7.74. The Morgan fingerprint density at radius 1 is 1.05 bits per heavy atom. The van der Waals surface area contributed by atoms with Crippen molar-refractivity contribution in [1.82, 2.24) is 15.1 Å². The molecule has 2 saturated heterocycles. The fraction of sp³-hybridized carbons (Fsp3) is 0.500. The zero-order chi connectivity index (χ0) is 27.8. The molecule has 0 bridgehead atoms. The van der Waals surface area contributed by atoms with Gasteiger partial charge in [0.1, 0.15) is 5.75 Å². The van der Waals surface area contributed by atoms with Gasteiger partial charge in [-0.3, -0.25) is 19.3 Å². The number of hydrogen-bond donors (Lipinski definition) is 2. The number of likely N-dealkylation sites (tertiary alicyclic amines) is 2. The van der Waals surface area contributed by atoms with Crippen molar-refractivity contribution < 1.29 is 24.2 Å². The van der Waals surface area contributed by atoms with E-state index in [0.717, 1.165) is 29.8 Å². The normalized spacial score (nSPS) is 20.0. The fourth-order valence-electron chi connectivity index (χ4n) is 5.65. The molecule has 2 aliphatic rings. The van der Waals surface area contributed by atoms with Crippen LogP contribution in [0.4, 0.5) is 5.69 Å². The quantitative estimate of drug-likeness (QED) is 0.484. The number of nitrogens with one attached hydrogen (secondary N) is 1. The number of piperidine rings is 1. The van der Waals surface area contributed by atoms with Gasteiger partial charge in [0.2, 0.25) is 17.7 Å². The Kier molecular flexibility index (Phi) is 9.95. The predicted molar refractivity (Wildman–Crippen MR) is 149 cm³/mol. The van der Waals surface area contributed by atoms with Crippen LogP contribution in [0.15, 0.2) is 54.6 Å². The number of aliphatic hydroxyl groups excluding tert-OH is 1. The molecule has 0 spiro atoms. The van der Waals surface area contributed by atoms with E-state index in [0.29, 0.717) is 39.1 Å². The number of ether oxygens (including phenoxy) is 1. The zero-order valence-corrected chi connectivity index (χ0v) is 22.9. The first-order valence-electron chi connectivity index (χ1n) is 13.9. The molecule has 0 unspecified atom stereocenters. The minimum absolute atomic E-state index is 0.0139. The SMILES string of the molecule is CCN(C(=O)CCC(=O)N1CCC(N2C[C@H](O)C[C@H]2C(=O)NCc2cccc(OC)c2)CC1)c1ccccc1. The number of hydrogen-bond acceptors (Lipinski definition) is 6. The fourth-order valence-corrected chi connectivity index (χ4v) is 5.65. The molecule has 2 heterocycles. The molecule has 2 aromatic rings. The molecule has 9 nitrogen and oxygen atoms in total. The first kappa shape index (κ1) is 28.6. The van der Waals surface area contributed by atoms with Crippen LogP contribution in [0.2, 0.25) is 0 Å². The molecule has 3 amide bonds. The minimum Gasteiger partial charge on any atom is -0.497 e. The summed E-state index contributed by atoms with van der Waals surface area (Å²) >= 11 is 0. The van der Waals surface area contributed by atoms with E-state index in [2.05, 4.69) is 10.2 Å². The number of anilines is 1. The van der Waals surface area contributed by atoms with Gasteiger partial charge in [-0.05, 0) is 56.0 Å². The van der Waals surface area contributed by atoms with E-state index in [1.165, 1.54) is 0 Å². The smallest absolute Gasteiger partial charge is 0.237 e. The number of carbonyl (C=O) groups excluding carboxylic acids is 3. The topological polar surface area (TPSA) is 102 Å². The highest BCUT2D eigenvalue weighted by atomic mass is 16.5. The van der Waals surface area contributed by atoms with Crippen LogP contribution in [0.3, 0.4) is 0 Å². The van der Waals surface area contributed by atoms with Crippen molar-refractivity contribution in [3.05, 3.63) is 60.2 Å². The molecule has 0 radical (unpaired) electrons. The summed E-state index contributed by atoms with van der Waals surface area (Å²) < 4.78 is 5.26. The molecular weight excluding hydrogens is 496 g/mol. The van der Waals surface area contributed by atoms with Crippen LogP contribution in [0, 0.1) is 0 Å². The third kappa shape index (κ3) is 7.36. The Balaban J connectivity index is 1.25. The van der Waals surface area contributed by atoms with Gasteiger partial charge in [-0.2, -0.15) is 0 Å². The maximum absolute atomic E-state index is 13.1. The average Bonchev–Trinajstić information content (AvgIpc) is 3.37. The predicted octanol–water partition coefficient (Wildman–Crippen LogP) is 2.57. The van der Waals surface area contributed by atoms with E-state index < -0.39 is 12.1 Å². The van der Waals surface area contributed by atoms with Crippen LogP contribution in [-0.4, -0.2) is 84.1 Å². The summed E-state index contributed by atoms with van der Waals surface area (Å²) in [5.74, 6) is 0.579. The summed E-state index contributed by atoms with van der Waals surface area (Å²) in [6.07, 6.45) is 1.68. The first-order valence-corrected chi connectivity index (χ1v) is 13.9. The van der Waals surface area contributed by atoms with Crippen LogP contribution < -0.4 is 15.0 Å². The molecule has 9 heteroatoms. The monoisotopic (exact) mass is 536 g/mol. The van der Waals surface area contributed by atoms with Gasteiger partial charge in [-0.1, -0.05) is 30.3 Å². The second kappa shape index (κ2) is 13.6. The van der Waals surface area contributed by atoms with Crippen molar-refractivity contribution in [3.8, 4) is 5.75 Å². The molecule has 2 atom stereocenters. The van der Waals surface area contributed by atoms with Gasteiger partial charge >= 0.3 is 0 Å². The van der Waals surface area contributed by atoms with E-state index in [1.807, 2.05) is 66.4 Å². The van der Waals surface area contributed by atoms with E-state index in [1.54, 1.807) is 12.0 Å². The van der Waals surface area contributed by atoms with E-state index in [4.69, 9.17) is 4.74 Å². The van der Waals surface area contributed by atoms with E-state index in [-0.39, 0.29) is 36.6 Å². The van der Waals surface area contributed by atoms with Gasteiger partial charge < -0.3 is 25.0 Å². The molecule has 0 aromatic heterocycles. The number of carbonyl (C=O) groups is 3. The molecule has 2 fully saturated rings. The van der Waals surface area contributed by atoms with Gasteiger partial charge in [0.05, 0.1) is 19.3 Å². The molecule has 0 saturated carbocycles. The third-order valence-electron chi connectivity index (χ3n) is 7.74. The van der Waals surface area contributed by atoms with Crippen LogP contribution in [0.25, 0.3) is 0 Å². The summed E-state index contributed by atoms with van der Waals surface area (Å²) in [6, 6.07) is 16.8. The molecule has 2 aromatic carbocycles. The van der Waals surface area contributed by atoms with Crippen molar-refractivity contribution in [3.63, 3.8) is 0 Å². The number of rotatable bonds is 10.